The van der Waals surface area contributed by atoms with E-state index in [0.29, 0.717) is 13.2 Å². The first-order valence-corrected chi connectivity index (χ1v) is 7.70. The molecule has 0 radical (unpaired) electrons. The van der Waals surface area contributed by atoms with Gasteiger partial charge in [0.05, 0.1) is 26.4 Å². The number of hydrogen-bond acceptors (Lipinski definition) is 3. The second-order valence-electron chi connectivity index (χ2n) is 5.40. The summed E-state index contributed by atoms with van der Waals surface area (Å²) in [5.74, 6) is 0.874. The summed E-state index contributed by atoms with van der Waals surface area (Å²) >= 11 is 0. The molecule has 3 nitrogen and oxygen atoms in total. The van der Waals surface area contributed by atoms with Gasteiger partial charge in [-0.15, -0.1) is 0 Å². The molecule has 2 unspecified atom stereocenters. The molecule has 1 aromatic rings. The standard InChI is InChI=1S/C17H26O3/c1-3-4-5-6-7-16-12-20-17(13-19-16)14-8-10-15(18-2)11-9-14/h8-11,16-17H,3-7,12-13H2,1-2H3. The first kappa shape index (κ1) is 15.3. The van der Waals surface area contributed by atoms with Crippen molar-refractivity contribution in [2.24, 2.45) is 0 Å². The van der Waals surface area contributed by atoms with E-state index in [1.165, 1.54) is 25.7 Å². The minimum absolute atomic E-state index is 0.0628. The summed E-state index contributed by atoms with van der Waals surface area (Å²) in [6.45, 7) is 3.60. The van der Waals surface area contributed by atoms with Crippen molar-refractivity contribution in [2.75, 3.05) is 20.3 Å². The molecule has 112 valence electrons. The zero-order valence-electron chi connectivity index (χ0n) is 12.6. The van der Waals surface area contributed by atoms with E-state index >= 15 is 0 Å². The summed E-state index contributed by atoms with van der Waals surface area (Å²) in [7, 11) is 1.68. The maximum Gasteiger partial charge on any atom is 0.118 e. The fraction of sp³-hybridized carbons (Fsp3) is 0.647. The Bertz CT molecular complexity index is 366. The van der Waals surface area contributed by atoms with Crippen molar-refractivity contribution in [1.82, 2.24) is 0 Å². The third-order valence-electron chi connectivity index (χ3n) is 3.83. The third kappa shape index (κ3) is 4.50. The van der Waals surface area contributed by atoms with Crippen molar-refractivity contribution in [3.8, 4) is 5.75 Å². The molecular weight excluding hydrogens is 252 g/mol. The van der Waals surface area contributed by atoms with E-state index in [0.717, 1.165) is 17.7 Å². The van der Waals surface area contributed by atoms with E-state index in [1.807, 2.05) is 12.1 Å². The number of hydrogen-bond donors (Lipinski definition) is 0. The molecule has 1 saturated heterocycles. The first-order valence-electron chi connectivity index (χ1n) is 7.70. The van der Waals surface area contributed by atoms with Crippen molar-refractivity contribution in [3.05, 3.63) is 29.8 Å². The van der Waals surface area contributed by atoms with E-state index in [-0.39, 0.29) is 12.2 Å². The molecule has 20 heavy (non-hydrogen) atoms. The highest BCUT2D eigenvalue weighted by atomic mass is 16.6. The maximum absolute atomic E-state index is 5.94. The quantitative estimate of drug-likeness (QED) is 0.702. The van der Waals surface area contributed by atoms with Gasteiger partial charge in [-0.3, -0.25) is 0 Å². The first-order chi connectivity index (χ1) is 9.83. The van der Waals surface area contributed by atoms with Crippen LogP contribution >= 0.6 is 0 Å². The van der Waals surface area contributed by atoms with E-state index in [2.05, 4.69) is 19.1 Å². The summed E-state index contributed by atoms with van der Waals surface area (Å²) in [4.78, 5) is 0. The molecule has 0 amide bonds. The molecule has 0 saturated carbocycles. The van der Waals surface area contributed by atoms with Crippen LogP contribution in [-0.4, -0.2) is 26.4 Å². The van der Waals surface area contributed by atoms with Gasteiger partial charge >= 0.3 is 0 Å². The van der Waals surface area contributed by atoms with Gasteiger partial charge in [0.15, 0.2) is 0 Å². The third-order valence-corrected chi connectivity index (χ3v) is 3.83. The predicted octanol–water partition coefficient (Wildman–Crippen LogP) is 4.12. The number of benzene rings is 1. The molecule has 1 aliphatic heterocycles. The zero-order valence-corrected chi connectivity index (χ0v) is 12.6. The van der Waals surface area contributed by atoms with Gasteiger partial charge < -0.3 is 14.2 Å². The maximum atomic E-state index is 5.94. The van der Waals surface area contributed by atoms with Crippen molar-refractivity contribution >= 4 is 0 Å². The van der Waals surface area contributed by atoms with Gasteiger partial charge in [0.25, 0.3) is 0 Å². The van der Waals surface area contributed by atoms with Crippen LogP contribution in [0.15, 0.2) is 24.3 Å². The van der Waals surface area contributed by atoms with Gasteiger partial charge in [-0.05, 0) is 24.1 Å². The molecule has 0 bridgehead atoms. The Kier molecular flexibility index (Phi) is 6.34. The van der Waals surface area contributed by atoms with Crippen molar-refractivity contribution < 1.29 is 14.2 Å². The van der Waals surface area contributed by atoms with Crippen molar-refractivity contribution in [1.29, 1.82) is 0 Å². The van der Waals surface area contributed by atoms with E-state index in [9.17, 15) is 0 Å². The lowest BCUT2D eigenvalue weighted by Gasteiger charge is -2.30. The lowest BCUT2D eigenvalue weighted by atomic mass is 10.1. The Hall–Kier alpha value is -1.06. The van der Waals surface area contributed by atoms with Crippen molar-refractivity contribution in [3.63, 3.8) is 0 Å². The SMILES string of the molecule is CCCCCCC1COC(c2ccc(OC)cc2)CO1. The second kappa shape index (κ2) is 8.28. The molecule has 1 fully saturated rings. The summed E-state index contributed by atoms with van der Waals surface area (Å²) in [6, 6.07) is 8.04. The van der Waals surface area contributed by atoms with Crippen LogP contribution in [0.2, 0.25) is 0 Å². The van der Waals surface area contributed by atoms with Gasteiger partial charge in [-0.25, -0.2) is 0 Å². The minimum atomic E-state index is 0.0628. The Morgan fingerprint density at radius 3 is 2.45 bits per heavy atom. The predicted molar refractivity (Wildman–Crippen MR) is 80.2 cm³/mol. The van der Waals surface area contributed by atoms with Crippen molar-refractivity contribution in [2.45, 2.75) is 51.2 Å². The largest absolute Gasteiger partial charge is 0.497 e. The van der Waals surface area contributed by atoms with Crippen LogP contribution in [0.3, 0.4) is 0 Å². The van der Waals surface area contributed by atoms with Crippen LogP contribution in [0, 0.1) is 0 Å². The average molecular weight is 278 g/mol. The van der Waals surface area contributed by atoms with Gasteiger partial charge in [0, 0.05) is 0 Å². The molecule has 2 rings (SSSR count). The van der Waals surface area contributed by atoms with Crippen LogP contribution in [0.5, 0.6) is 5.75 Å². The highest BCUT2D eigenvalue weighted by Gasteiger charge is 2.23. The zero-order chi connectivity index (χ0) is 14.2. The summed E-state index contributed by atoms with van der Waals surface area (Å²) < 4.78 is 17.0. The number of unbranched alkanes of at least 4 members (excludes halogenated alkanes) is 3. The topological polar surface area (TPSA) is 27.7 Å². The normalized spacial score (nSPS) is 22.7. The fourth-order valence-electron chi connectivity index (χ4n) is 2.52. The summed E-state index contributed by atoms with van der Waals surface area (Å²) in [5.41, 5.74) is 1.16. The second-order valence-corrected chi connectivity index (χ2v) is 5.40. The van der Waals surface area contributed by atoms with Gasteiger partial charge in [0.1, 0.15) is 11.9 Å². The lowest BCUT2D eigenvalue weighted by Crippen LogP contribution is -2.31. The van der Waals surface area contributed by atoms with Crippen LogP contribution in [0.1, 0.15) is 50.7 Å². The summed E-state index contributed by atoms with van der Waals surface area (Å²) in [6.07, 6.45) is 6.61. The van der Waals surface area contributed by atoms with Gasteiger partial charge in [-0.1, -0.05) is 44.7 Å². The average Bonchev–Trinajstić information content (AvgIpc) is 2.52. The molecule has 0 spiro atoms. The Balaban J connectivity index is 1.73. The lowest BCUT2D eigenvalue weighted by molar-refractivity contribution is -0.137. The van der Waals surface area contributed by atoms with E-state index < -0.39 is 0 Å². The summed E-state index contributed by atoms with van der Waals surface area (Å²) in [5, 5.41) is 0. The molecule has 1 aromatic carbocycles. The highest BCUT2D eigenvalue weighted by Crippen LogP contribution is 2.26. The number of rotatable bonds is 7. The monoisotopic (exact) mass is 278 g/mol. The van der Waals surface area contributed by atoms with E-state index in [4.69, 9.17) is 14.2 Å². The van der Waals surface area contributed by atoms with Gasteiger partial charge in [0.2, 0.25) is 0 Å². The van der Waals surface area contributed by atoms with Gasteiger partial charge in [-0.2, -0.15) is 0 Å². The smallest absolute Gasteiger partial charge is 0.118 e. The molecule has 3 heteroatoms. The van der Waals surface area contributed by atoms with Crippen LogP contribution < -0.4 is 4.74 Å². The highest BCUT2D eigenvalue weighted by molar-refractivity contribution is 5.28. The molecule has 0 aliphatic carbocycles. The molecular formula is C17H26O3. The van der Waals surface area contributed by atoms with Crippen LogP contribution in [0.25, 0.3) is 0 Å². The molecule has 2 atom stereocenters. The number of ether oxygens (including phenoxy) is 3. The Morgan fingerprint density at radius 1 is 1.05 bits per heavy atom. The molecule has 0 aromatic heterocycles. The minimum Gasteiger partial charge on any atom is -0.497 e. The van der Waals surface area contributed by atoms with Crippen LogP contribution in [-0.2, 0) is 9.47 Å². The Morgan fingerprint density at radius 2 is 1.85 bits per heavy atom. The van der Waals surface area contributed by atoms with Crippen LogP contribution in [0.4, 0.5) is 0 Å². The fourth-order valence-corrected chi connectivity index (χ4v) is 2.52. The molecule has 0 N–H and O–H groups in total. The Labute approximate surface area is 122 Å². The molecule has 1 heterocycles. The van der Waals surface area contributed by atoms with E-state index in [1.54, 1.807) is 7.11 Å². The number of methoxy groups -OCH3 is 1. The molecule has 1 aliphatic rings.